The van der Waals surface area contributed by atoms with Crippen molar-refractivity contribution in [1.29, 1.82) is 5.26 Å². The zero-order valence-corrected chi connectivity index (χ0v) is 15.5. The van der Waals surface area contributed by atoms with Crippen LogP contribution < -0.4 is 4.74 Å². The van der Waals surface area contributed by atoms with Crippen molar-refractivity contribution < 1.29 is 9.47 Å². The third-order valence-electron chi connectivity index (χ3n) is 4.53. The summed E-state index contributed by atoms with van der Waals surface area (Å²) in [5.41, 5.74) is 2.66. The van der Waals surface area contributed by atoms with Crippen molar-refractivity contribution in [2.24, 2.45) is 5.92 Å². The van der Waals surface area contributed by atoms with Crippen molar-refractivity contribution in [2.45, 2.75) is 39.3 Å². The molecule has 1 aliphatic rings. The smallest absolute Gasteiger partial charge is 0.226 e. The molecule has 3 aromatic heterocycles. The van der Waals surface area contributed by atoms with Gasteiger partial charge in [0.25, 0.3) is 0 Å². The van der Waals surface area contributed by atoms with Crippen LogP contribution in [0.1, 0.15) is 32.4 Å². The molecule has 1 N–H and O–H groups in total. The summed E-state index contributed by atoms with van der Waals surface area (Å²) in [5.74, 6) is 0.942. The molecule has 4 heterocycles. The van der Waals surface area contributed by atoms with Crippen LogP contribution in [-0.2, 0) is 11.3 Å². The molecule has 4 rings (SSSR count). The van der Waals surface area contributed by atoms with E-state index in [1.54, 1.807) is 12.3 Å². The van der Waals surface area contributed by atoms with Gasteiger partial charge in [-0.05, 0) is 5.92 Å². The maximum atomic E-state index is 9.30. The second-order valence-electron chi connectivity index (χ2n) is 7.19. The van der Waals surface area contributed by atoms with Crippen molar-refractivity contribution in [3.63, 3.8) is 0 Å². The lowest BCUT2D eigenvalue weighted by molar-refractivity contribution is 0.0244. The molecule has 0 aromatic carbocycles. The van der Waals surface area contributed by atoms with Gasteiger partial charge < -0.3 is 9.47 Å². The number of H-pyrrole nitrogens is 1. The molecule has 0 radical (unpaired) electrons. The predicted octanol–water partition coefficient (Wildman–Crippen LogP) is 2.91. The summed E-state index contributed by atoms with van der Waals surface area (Å²) < 4.78 is 13.5. The lowest BCUT2D eigenvalue weighted by Gasteiger charge is -2.23. The Morgan fingerprint density at radius 1 is 1.41 bits per heavy atom. The number of nitriles is 1. The van der Waals surface area contributed by atoms with Gasteiger partial charge in [0, 0.05) is 37.2 Å². The first-order chi connectivity index (χ1) is 13.1. The Hall–Kier alpha value is -2.92. The molecule has 0 aliphatic carbocycles. The molecule has 3 aromatic rings. The highest BCUT2D eigenvalue weighted by Crippen LogP contribution is 2.34. The molecule has 8 nitrogen and oxygen atoms in total. The van der Waals surface area contributed by atoms with Gasteiger partial charge in [-0.25, -0.2) is 4.98 Å². The predicted molar refractivity (Wildman–Crippen MR) is 99.1 cm³/mol. The normalized spacial score (nSPS) is 15.3. The second kappa shape index (κ2) is 7.37. The quantitative estimate of drug-likeness (QED) is 0.745. The van der Waals surface area contributed by atoms with Gasteiger partial charge >= 0.3 is 0 Å². The summed E-state index contributed by atoms with van der Waals surface area (Å²) in [6.07, 6.45) is 5.41. The zero-order valence-electron chi connectivity index (χ0n) is 15.5. The van der Waals surface area contributed by atoms with E-state index in [-0.39, 0.29) is 6.10 Å². The van der Waals surface area contributed by atoms with E-state index >= 15 is 0 Å². The monoisotopic (exact) mass is 366 g/mol. The van der Waals surface area contributed by atoms with Crippen LogP contribution in [0.25, 0.3) is 22.2 Å². The number of rotatable bonds is 5. The van der Waals surface area contributed by atoms with Gasteiger partial charge in [0.05, 0.1) is 30.3 Å². The van der Waals surface area contributed by atoms with E-state index in [9.17, 15) is 5.26 Å². The molecule has 0 unspecified atom stereocenters. The molecule has 8 heteroatoms. The highest BCUT2D eigenvalue weighted by Gasteiger charge is 2.22. The minimum absolute atomic E-state index is 0.0230. The average molecular weight is 366 g/mol. The van der Waals surface area contributed by atoms with E-state index in [0.29, 0.717) is 30.7 Å². The van der Waals surface area contributed by atoms with Crippen LogP contribution in [0, 0.1) is 17.2 Å². The molecule has 0 amide bonds. The summed E-state index contributed by atoms with van der Waals surface area (Å²) in [5, 5.41) is 22.0. The molecular weight excluding hydrogens is 344 g/mol. The number of nitrogens with zero attached hydrogens (tertiary/aromatic N) is 5. The van der Waals surface area contributed by atoms with Gasteiger partial charge in [0.15, 0.2) is 0 Å². The highest BCUT2D eigenvalue weighted by atomic mass is 16.5. The number of nitrogens with one attached hydrogen (secondary N) is 1. The van der Waals surface area contributed by atoms with Gasteiger partial charge in [-0.2, -0.15) is 15.5 Å². The number of fused-ring (bicyclic) bond motifs is 1. The number of pyridine rings is 1. The number of hydrogen-bond acceptors (Lipinski definition) is 6. The molecule has 1 aliphatic heterocycles. The Labute approximate surface area is 157 Å². The molecule has 140 valence electrons. The van der Waals surface area contributed by atoms with Crippen molar-refractivity contribution in [3.05, 3.63) is 24.2 Å². The molecule has 1 fully saturated rings. The largest absolute Gasteiger partial charge is 0.474 e. The topological polar surface area (TPSA) is 102 Å². The molecule has 1 saturated heterocycles. The summed E-state index contributed by atoms with van der Waals surface area (Å²) in [6.45, 7) is 6.49. The van der Waals surface area contributed by atoms with Crippen LogP contribution in [0.2, 0.25) is 0 Å². The van der Waals surface area contributed by atoms with Crippen molar-refractivity contribution in [2.75, 3.05) is 13.2 Å². The molecule has 0 atom stereocenters. The SMILES string of the molecule is CC(C)Cn1cc(-c2n[nH]c3cc(C#N)nc(OC4CCOCC4)c23)cn1. The third-order valence-corrected chi connectivity index (χ3v) is 4.53. The lowest BCUT2D eigenvalue weighted by Crippen LogP contribution is -2.26. The summed E-state index contributed by atoms with van der Waals surface area (Å²) in [6, 6.07) is 3.79. The molecular formula is C19H22N6O2. The minimum Gasteiger partial charge on any atom is -0.474 e. The summed E-state index contributed by atoms with van der Waals surface area (Å²) >= 11 is 0. The summed E-state index contributed by atoms with van der Waals surface area (Å²) in [4.78, 5) is 4.42. The van der Waals surface area contributed by atoms with Crippen LogP contribution in [-0.4, -0.2) is 44.3 Å². The van der Waals surface area contributed by atoms with E-state index in [4.69, 9.17) is 9.47 Å². The average Bonchev–Trinajstić information content (AvgIpc) is 3.28. The number of hydrogen-bond donors (Lipinski definition) is 1. The molecule has 27 heavy (non-hydrogen) atoms. The molecule has 0 spiro atoms. The van der Waals surface area contributed by atoms with Crippen molar-refractivity contribution in [3.8, 4) is 23.2 Å². The van der Waals surface area contributed by atoms with Crippen molar-refractivity contribution in [1.82, 2.24) is 25.0 Å². The maximum absolute atomic E-state index is 9.30. The molecule has 0 saturated carbocycles. The van der Waals surface area contributed by atoms with Gasteiger partial charge in [-0.3, -0.25) is 9.78 Å². The third kappa shape index (κ3) is 3.64. The summed E-state index contributed by atoms with van der Waals surface area (Å²) in [7, 11) is 0. The van der Waals surface area contributed by atoms with E-state index in [1.807, 2.05) is 10.9 Å². The van der Waals surface area contributed by atoms with Gasteiger partial charge in [-0.15, -0.1) is 0 Å². The number of ether oxygens (including phenoxy) is 2. The fraction of sp³-hybridized carbons (Fsp3) is 0.474. The Morgan fingerprint density at radius 3 is 2.96 bits per heavy atom. The van der Waals surface area contributed by atoms with Crippen LogP contribution in [0.5, 0.6) is 5.88 Å². The Morgan fingerprint density at radius 2 is 2.22 bits per heavy atom. The van der Waals surface area contributed by atoms with Crippen LogP contribution in [0.3, 0.4) is 0 Å². The number of aromatic amines is 1. The first-order valence-electron chi connectivity index (χ1n) is 9.20. The first kappa shape index (κ1) is 17.5. The second-order valence-corrected chi connectivity index (χ2v) is 7.19. The fourth-order valence-electron chi connectivity index (χ4n) is 3.27. The van der Waals surface area contributed by atoms with E-state index in [0.717, 1.165) is 41.5 Å². The lowest BCUT2D eigenvalue weighted by atomic mass is 10.1. The van der Waals surface area contributed by atoms with Crippen LogP contribution in [0.15, 0.2) is 18.5 Å². The zero-order chi connectivity index (χ0) is 18.8. The Bertz CT molecular complexity index is 978. The molecule has 0 bridgehead atoms. The van der Waals surface area contributed by atoms with Crippen LogP contribution in [0.4, 0.5) is 0 Å². The Balaban J connectivity index is 1.75. The Kier molecular flexibility index (Phi) is 4.77. The fourth-order valence-corrected chi connectivity index (χ4v) is 3.27. The highest BCUT2D eigenvalue weighted by molar-refractivity contribution is 5.96. The van der Waals surface area contributed by atoms with Gasteiger partial charge in [-0.1, -0.05) is 13.8 Å². The van der Waals surface area contributed by atoms with Crippen molar-refractivity contribution >= 4 is 10.9 Å². The van der Waals surface area contributed by atoms with Gasteiger partial charge in [0.2, 0.25) is 5.88 Å². The standard InChI is InChI=1S/C19H22N6O2/c1-12(2)10-25-11-13(9-21-25)18-17-16(23-24-18)7-14(8-20)22-19(17)27-15-3-5-26-6-4-15/h7,9,11-12,15H,3-6,10H2,1-2H3,(H,23,24). The van der Waals surface area contributed by atoms with E-state index < -0.39 is 0 Å². The number of aromatic nitrogens is 5. The van der Waals surface area contributed by atoms with Gasteiger partial charge in [0.1, 0.15) is 23.6 Å². The maximum Gasteiger partial charge on any atom is 0.226 e. The first-order valence-corrected chi connectivity index (χ1v) is 9.20. The van der Waals surface area contributed by atoms with E-state index in [2.05, 4.69) is 40.2 Å². The van der Waals surface area contributed by atoms with Crippen LogP contribution >= 0.6 is 0 Å². The van der Waals surface area contributed by atoms with E-state index in [1.165, 1.54) is 0 Å². The minimum atomic E-state index is 0.0230.